The van der Waals surface area contributed by atoms with Gasteiger partial charge < -0.3 is 25.0 Å². The first-order valence-electron chi connectivity index (χ1n) is 9.39. The molecule has 0 aliphatic carbocycles. The lowest BCUT2D eigenvalue weighted by Gasteiger charge is -2.32. The minimum atomic E-state index is -4.52. The van der Waals surface area contributed by atoms with Crippen LogP contribution < -0.4 is 15.4 Å². The first-order valence-corrected chi connectivity index (χ1v) is 9.39. The standard InChI is InChI=1S/C18H26F3N5O3/c1-3-28-17(27)26-10-6-13(7-11-26)25-16(22-2)24-9-12-29-15-14(18(19,20)21)5-4-8-23-15/h4-5,8,13H,3,6-7,9-12H2,1-2H3,(H2,22,24,25). The zero-order valence-corrected chi connectivity index (χ0v) is 16.5. The zero-order valence-electron chi connectivity index (χ0n) is 16.5. The second-order valence-corrected chi connectivity index (χ2v) is 6.31. The minimum absolute atomic E-state index is 0.0118. The number of hydrogen-bond donors (Lipinski definition) is 2. The molecule has 2 N–H and O–H groups in total. The van der Waals surface area contributed by atoms with Gasteiger partial charge in [0.05, 0.1) is 13.2 Å². The van der Waals surface area contributed by atoms with E-state index in [0.717, 1.165) is 18.9 Å². The van der Waals surface area contributed by atoms with Gasteiger partial charge in [-0.2, -0.15) is 13.2 Å². The topological polar surface area (TPSA) is 88.1 Å². The van der Waals surface area contributed by atoms with E-state index in [4.69, 9.17) is 9.47 Å². The van der Waals surface area contributed by atoms with E-state index in [9.17, 15) is 18.0 Å². The van der Waals surface area contributed by atoms with Crippen molar-refractivity contribution >= 4 is 12.1 Å². The molecule has 8 nitrogen and oxygen atoms in total. The van der Waals surface area contributed by atoms with Gasteiger partial charge in [0.1, 0.15) is 12.2 Å². The summed E-state index contributed by atoms with van der Waals surface area (Å²) >= 11 is 0. The lowest BCUT2D eigenvalue weighted by atomic mass is 10.1. The number of nitrogens with zero attached hydrogens (tertiary/aromatic N) is 3. The molecular weight excluding hydrogens is 391 g/mol. The number of alkyl halides is 3. The van der Waals surface area contributed by atoms with Gasteiger partial charge in [-0.15, -0.1) is 0 Å². The molecule has 29 heavy (non-hydrogen) atoms. The van der Waals surface area contributed by atoms with Crippen molar-refractivity contribution in [3.63, 3.8) is 0 Å². The molecule has 2 rings (SSSR count). The van der Waals surface area contributed by atoms with Gasteiger partial charge in [0.25, 0.3) is 0 Å². The molecule has 1 fully saturated rings. The number of ether oxygens (including phenoxy) is 2. The van der Waals surface area contributed by atoms with E-state index in [1.807, 2.05) is 0 Å². The second kappa shape index (κ2) is 10.7. The van der Waals surface area contributed by atoms with E-state index in [2.05, 4.69) is 20.6 Å². The number of piperidine rings is 1. The number of likely N-dealkylation sites (tertiary alicyclic amines) is 1. The number of carbonyl (C=O) groups excluding carboxylic acids is 1. The number of carbonyl (C=O) groups is 1. The lowest BCUT2D eigenvalue weighted by molar-refractivity contribution is -0.139. The minimum Gasteiger partial charge on any atom is -0.475 e. The number of aliphatic imine (C=N–C) groups is 1. The van der Waals surface area contributed by atoms with Crippen LogP contribution in [-0.2, 0) is 10.9 Å². The van der Waals surface area contributed by atoms with Crippen molar-refractivity contribution in [2.75, 3.05) is 39.9 Å². The molecule has 11 heteroatoms. The number of halogens is 3. The fourth-order valence-electron chi connectivity index (χ4n) is 2.85. The Hall–Kier alpha value is -2.72. The molecule has 1 aromatic heterocycles. The maximum Gasteiger partial charge on any atom is 0.421 e. The van der Waals surface area contributed by atoms with Crippen LogP contribution in [0.3, 0.4) is 0 Å². The van der Waals surface area contributed by atoms with Gasteiger partial charge in [0.2, 0.25) is 5.88 Å². The van der Waals surface area contributed by atoms with Crippen molar-refractivity contribution in [2.24, 2.45) is 4.99 Å². The third-order valence-corrected chi connectivity index (χ3v) is 4.30. The molecule has 162 valence electrons. The fraction of sp³-hybridized carbons (Fsp3) is 0.611. The SMILES string of the molecule is CCOC(=O)N1CCC(NC(=NC)NCCOc2ncccc2C(F)(F)F)CC1. The lowest BCUT2D eigenvalue weighted by Crippen LogP contribution is -2.50. The molecule has 1 saturated heterocycles. The van der Waals surface area contributed by atoms with Gasteiger partial charge in [0, 0.05) is 32.4 Å². The quantitative estimate of drug-likeness (QED) is 0.420. The molecule has 2 heterocycles. The van der Waals surface area contributed by atoms with Crippen molar-refractivity contribution in [3.05, 3.63) is 23.9 Å². The summed E-state index contributed by atoms with van der Waals surface area (Å²) < 4.78 is 48.9. The number of pyridine rings is 1. The van der Waals surface area contributed by atoms with Crippen molar-refractivity contribution < 1.29 is 27.4 Å². The average molecular weight is 417 g/mol. The van der Waals surface area contributed by atoms with E-state index in [0.29, 0.717) is 25.7 Å². The van der Waals surface area contributed by atoms with E-state index in [1.165, 1.54) is 12.3 Å². The Kier molecular flexibility index (Phi) is 8.34. The Morgan fingerprint density at radius 3 is 2.72 bits per heavy atom. The normalized spacial score (nSPS) is 15.8. The molecule has 0 bridgehead atoms. The predicted molar refractivity (Wildman–Crippen MR) is 101 cm³/mol. The number of rotatable bonds is 6. The monoisotopic (exact) mass is 417 g/mol. The molecule has 1 aliphatic rings. The third kappa shape index (κ3) is 6.99. The summed E-state index contributed by atoms with van der Waals surface area (Å²) in [5, 5.41) is 6.24. The van der Waals surface area contributed by atoms with Crippen LogP contribution in [0.1, 0.15) is 25.3 Å². The first-order chi connectivity index (χ1) is 13.8. The maximum atomic E-state index is 12.9. The van der Waals surface area contributed by atoms with Gasteiger partial charge >= 0.3 is 12.3 Å². The highest BCUT2D eigenvalue weighted by atomic mass is 19.4. The summed E-state index contributed by atoms with van der Waals surface area (Å²) in [7, 11) is 1.60. The molecule has 0 aromatic carbocycles. The average Bonchev–Trinajstić information content (AvgIpc) is 2.70. The van der Waals surface area contributed by atoms with E-state index in [-0.39, 0.29) is 25.3 Å². The summed E-state index contributed by atoms with van der Waals surface area (Å²) in [5.41, 5.74) is -0.907. The van der Waals surface area contributed by atoms with E-state index in [1.54, 1.807) is 18.9 Å². The number of amides is 1. The predicted octanol–water partition coefficient (Wildman–Crippen LogP) is 2.27. The van der Waals surface area contributed by atoms with Crippen molar-refractivity contribution in [2.45, 2.75) is 32.0 Å². The summed E-state index contributed by atoms with van der Waals surface area (Å²) in [5.74, 6) is 0.0661. The number of nitrogens with one attached hydrogen (secondary N) is 2. The van der Waals surface area contributed by atoms with Gasteiger partial charge in [-0.1, -0.05) is 0 Å². The molecule has 0 spiro atoms. The highest BCUT2D eigenvalue weighted by Gasteiger charge is 2.35. The third-order valence-electron chi connectivity index (χ3n) is 4.30. The molecular formula is C18H26F3N5O3. The van der Waals surface area contributed by atoms with E-state index < -0.39 is 17.6 Å². The molecule has 0 atom stereocenters. The molecule has 1 aromatic rings. The summed E-state index contributed by atoms with van der Waals surface area (Å²) in [6.45, 7) is 3.51. The summed E-state index contributed by atoms with van der Waals surface area (Å²) in [6.07, 6.45) is -2.11. The fourth-order valence-corrected chi connectivity index (χ4v) is 2.85. The Morgan fingerprint density at radius 1 is 1.38 bits per heavy atom. The number of aromatic nitrogens is 1. The van der Waals surface area contributed by atoms with Crippen molar-refractivity contribution in [3.8, 4) is 5.88 Å². The highest BCUT2D eigenvalue weighted by molar-refractivity contribution is 5.80. The van der Waals surface area contributed by atoms with Crippen molar-refractivity contribution in [1.82, 2.24) is 20.5 Å². The first kappa shape index (κ1) is 22.6. The van der Waals surface area contributed by atoms with Gasteiger partial charge in [0.15, 0.2) is 5.96 Å². The Morgan fingerprint density at radius 2 is 2.10 bits per heavy atom. The second-order valence-electron chi connectivity index (χ2n) is 6.31. The summed E-state index contributed by atoms with van der Waals surface area (Å²) in [6, 6.07) is 2.27. The zero-order chi connectivity index (χ0) is 21.3. The maximum absolute atomic E-state index is 12.9. The van der Waals surface area contributed by atoms with Crippen LogP contribution in [0.2, 0.25) is 0 Å². The molecule has 1 amide bonds. The van der Waals surface area contributed by atoms with Crippen LogP contribution in [0.4, 0.5) is 18.0 Å². The Balaban J connectivity index is 1.74. The molecule has 1 aliphatic heterocycles. The van der Waals surface area contributed by atoms with Crippen molar-refractivity contribution in [1.29, 1.82) is 0 Å². The highest BCUT2D eigenvalue weighted by Crippen LogP contribution is 2.34. The van der Waals surface area contributed by atoms with E-state index >= 15 is 0 Å². The number of guanidine groups is 1. The molecule has 0 radical (unpaired) electrons. The van der Waals surface area contributed by atoms with Crippen LogP contribution in [0, 0.1) is 0 Å². The Bertz CT molecular complexity index is 692. The van der Waals surface area contributed by atoms with Crippen LogP contribution in [0.15, 0.2) is 23.3 Å². The van der Waals surface area contributed by atoms with Gasteiger partial charge in [-0.05, 0) is 31.9 Å². The van der Waals surface area contributed by atoms with Crippen LogP contribution in [0.5, 0.6) is 5.88 Å². The van der Waals surface area contributed by atoms with Gasteiger partial charge in [-0.25, -0.2) is 9.78 Å². The van der Waals surface area contributed by atoms with Crippen LogP contribution >= 0.6 is 0 Å². The summed E-state index contributed by atoms with van der Waals surface area (Å²) in [4.78, 5) is 21.1. The van der Waals surface area contributed by atoms with Crippen LogP contribution in [-0.4, -0.2) is 67.9 Å². The smallest absolute Gasteiger partial charge is 0.421 e. The largest absolute Gasteiger partial charge is 0.475 e. The van der Waals surface area contributed by atoms with Crippen LogP contribution in [0.25, 0.3) is 0 Å². The molecule has 0 saturated carbocycles. The molecule has 0 unspecified atom stereocenters. The number of hydrogen-bond acceptors (Lipinski definition) is 5. The Labute approximate surface area is 167 Å². The van der Waals surface area contributed by atoms with Gasteiger partial charge in [-0.3, -0.25) is 4.99 Å².